The van der Waals surface area contributed by atoms with Crippen LogP contribution in [0.4, 0.5) is 5.00 Å². The molecule has 1 N–H and O–H groups in total. The van der Waals surface area contributed by atoms with Gasteiger partial charge >= 0.3 is 0 Å². The van der Waals surface area contributed by atoms with Crippen molar-refractivity contribution in [1.82, 2.24) is 10.1 Å². The average molecular weight is 357 g/mol. The predicted molar refractivity (Wildman–Crippen MR) is 93.5 cm³/mol. The predicted octanol–water partition coefficient (Wildman–Crippen LogP) is 3.80. The Morgan fingerprint density at radius 2 is 2.24 bits per heavy atom. The van der Waals surface area contributed by atoms with E-state index < -0.39 is 0 Å². The summed E-state index contributed by atoms with van der Waals surface area (Å²) in [6.45, 7) is 1.26. The van der Waals surface area contributed by atoms with Crippen LogP contribution in [0, 0.1) is 0 Å². The topological polar surface area (TPSA) is 77.3 Å². The molecule has 3 aliphatic rings. The molecule has 5 rings (SSSR count). The third-order valence-electron chi connectivity index (χ3n) is 4.98. The number of aromatic nitrogens is 2. The summed E-state index contributed by atoms with van der Waals surface area (Å²) in [5, 5.41) is 8.04. The van der Waals surface area contributed by atoms with E-state index >= 15 is 0 Å². The number of fused-ring (bicyclic) bond motifs is 1. The highest BCUT2D eigenvalue weighted by atomic mass is 32.1. The normalized spacial score (nSPS) is 19.6. The first kappa shape index (κ1) is 15.3. The van der Waals surface area contributed by atoms with E-state index in [1.165, 1.54) is 5.56 Å². The van der Waals surface area contributed by atoms with E-state index in [0.29, 0.717) is 25.0 Å². The number of nitrogens with zero attached hydrogens (tertiary/aromatic N) is 2. The minimum absolute atomic E-state index is 0.0137. The van der Waals surface area contributed by atoms with Crippen molar-refractivity contribution in [3.8, 4) is 11.5 Å². The summed E-state index contributed by atoms with van der Waals surface area (Å²) in [5.41, 5.74) is 2.95. The fourth-order valence-electron chi connectivity index (χ4n) is 3.45. The van der Waals surface area contributed by atoms with E-state index in [4.69, 9.17) is 9.26 Å². The van der Waals surface area contributed by atoms with Gasteiger partial charge in [0, 0.05) is 16.4 Å². The van der Waals surface area contributed by atoms with E-state index in [9.17, 15) is 4.79 Å². The number of ether oxygens (including phenoxy) is 1. The molecule has 0 bridgehead atoms. The molecule has 0 unspecified atom stereocenters. The molecule has 0 spiro atoms. The van der Waals surface area contributed by atoms with E-state index in [2.05, 4.69) is 15.5 Å². The van der Waals surface area contributed by atoms with Crippen LogP contribution in [-0.2, 0) is 22.6 Å². The highest BCUT2D eigenvalue weighted by Crippen LogP contribution is 2.44. The molecule has 1 saturated carbocycles. The molecule has 7 heteroatoms. The fraction of sp³-hybridized carbons (Fsp3) is 0.500. The number of hydrogen-bond donors (Lipinski definition) is 1. The van der Waals surface area contributed by atoms with Crippen molar-refractivity contribution in [3.63, 3.8) is 0 Å². The summed E-state index contributed by atoms with van der Waals surface area (Å²) in [6, 6.07) is 0. The lowest BCUT2D eigenvalue weighted by atomic mass is 10.1. The van der Waals surface area contributed by atoms with E-state index in [-0.39, 0.29) is 5.91 Å². The van der Waals surface area contributed by atoms with Gasteiger partial charge in [-0.2, -0.15) is 4.98 Å². The number of hydrogen-bond acceptors (Lipinski definition) is 6. The molecule has 1 amide bonds. The summed E-state index contributed by atoms with van der Waals surface area (Å²) in [4.78, 5) is 18.3. The molecule has 2 aromatic rings. The van der Waals surface area contributed by atoms with Crippen molar-refractivity contribution >= 4 is 22.2 Å². The summed E-state index contributed by atoms with van der Waals surface area (Å²) >= 11 is 1.57. The van der Waals surface area contributed by atoms with E-state index in [1.807, 2.05) is 6.08 Å². The van der Waals surface area contributed by atoms with Gasteiger partial charge in [0.1, 0.15) is 5.00 Å². The molecule has 1 fully saturated rings. The van der Waals surface area contributed by atoms with Gasteiger partial charge in [0.2, 0.25) is 0 Å². The van der Waals surface area contributed by atoms with Crippen molar-refractivity contribution in [2.75, 3.05) is 11.9 Å². The first-order valence-electron chi connectivity index (χ1n) is 8.86. The van der Waals surface area contributed by atoms with E-state index in [0.717, 1.165) is 65.4 Å². The van der Waals surface area contributed by atoms with Gasteiger partial charge in [-0.15, -0.1) is 11.3 Å². The maximum atomic E-state index is 12.6. The van der Waals surface area contributed by atoms with Crippen LogP contribution in [0.15, 0.2) is 16.2 Å². The maximum absolute atomic E-state index is 12.6. The van der Waals surface area contributed by atoms with Crippen molar-refractivity contribution < 1.29 is 14.1 Å². The van der Waals surface area contributed by atoms with Crippen molar-refractivity contribution in [3.05, 3.63) is 27.9 Å². The van der Waals surface area contributed by atoms with Gasteiger partial charge < -0.3 is 14.6 Å². The zero-order chi connectivity index (χ0) is 16.8. The van der Waals surface area contributed by atoms with Crippen LogP contribution < -0.4 is 5.32 Å². The number of amides is 1. The first-order chi connectivity index (χ1) is 12.3. The van der Waals surface area contributed by atoms with Gasteiger partial charge in [0.05, 0.1) is 18.8 Å². The van der Waals surface area contributed by atoms with Gasteiger partial charge in [0.15, 0.2) is 5.82 Å². The van der Waals surface area contributed by atoms with Crippen LogP contribution in [0.5, 0.6) is 0 Å². The van der Waals surface area contributed by atoms with E-state index in [1.54, 1.807) is 11.3 Å². The minimum atomic E-state index is -0.0137. The smallest absolute Gasteiger partial charge is 0.261 e. The minimum Gasteiger partial charge on any atom is -0.376 e. The molecular formula is C18H19N3O3S. The summed E-state index contributed by atoms with van der Waals surface area (Å²) in [7, 11) is 0. The summed E-state index contributed by atoms with van der Waals surface area (Å²) < 4.78 is 11.1. The standard InChI is InChI=1S/C18H19N3O3S/c22-16(11-3-1-2-4-11)20-18-14(12-7-8-23-9-13(12)25-18)17-19-15(21-24-17)10-5-6-10/h3,10H,1-2,4-9H2,(H,20,22). The molecule has 2 aromatic heterocycles. The van der Waals surface area contributed by atoms with Gasteiger partial charge in [0.25, 0.3) is 11.8 Å². The molecule has 3 heterocycles. The number of thiophene rings is 1. The Labute approximate surface area is 149 Å². The number of rotatable bonds is 4. The number of carbonyl (C=O) groups excluding carboxylic acids is 1. The Morgan fingerprint density at radius 3 is 3.04 bits per heavy atom. The fourth-order valence-corrected chi connectivity index (χ4v) is 4.62. The third-order valence-corrected chi connectivity index (χ3v) is 6.10. The number of carbonyl (C=O) groups is 1. The van der Waals surface area contributed by atoms with Crippen LogP contribution >= 0.6 is 11.3 Å². The molecule has 130 valence electrons. The van der Waals surface area contributed by atoms with Crippen LogP contribution in [0.1, 0.15) is 54.3 Å². The average Bonchev–Trinajstić information content (AvgIpc) is 3.05. The zero-order valence-corrected chi connectivity index (χ0v) is 14.7. The van der Waals surface area contributed by atoms with Gasteiger partial charge in [-0.25, -0.2) is 0 Å². The largest absolute Gasteiger partial charge is 0.376 e. The van der Waals surface area contributed by atoms with Crippen molar-refractivity contribution in [2.45, 2.75) is 51.0 Å². The molecule has 0 saturated heterocycles. The second kappa shape index (κ2) is 6.07. The highest BCUT2D eigenvalue weighted by Gasteiger charge is 2.32. The molecule has 6 nitrogen and oxygen atoms in total. The van der Waals surface area contributed by atoms with Crippen molar-refractivity contribution in [1.29, 1.82) is 0 Å². The second-order valence-electron chi connectivity index (χ2n) is 6.82. The molecule has 0 aromatic carbocycles. The Hall–Kier alpha value is -1.99. The van der Waals surface area contributed by atoms with Gasteiger partial charge in [-0.05, 0) is 44.1 Å². The molecule has 0 atom stereocenters. The number of anilines is 1. The van der Waals surface area contributed by atoms with Crippen LogP contribution in [0.3, 0.4) is 0 Å². The molecule has 2 aliphatic carbocycles. The molecule has 0 radical (unpaired) electrons. The highest BCUT2D eigenvalue weighted by molar-refractivity contribution is 7.17. The molecular weight excluding hydrogens is 338 g/mol. The monoisotopic (exact) mass is 357 g/mol. The lowest BCUT2D eigenvalue weighted by Crippen LogP contribution is -2.13. The Kier molecular flexibility index (Phi) is 3.71. The lowest BCUT2D eigenvalue weighted by Gasteiger charge is -2.12. The lowest BCUT2D eigenvalue weighted by molar-refractivity contribution is -0.112. The Bertz CT molecular complexity index is 863. The SMILES string of the molecule is O=C(Nc1sc2c(c1-c1nc(C3CC3)no1)CCOC2)C1=CCCC1. The number of nitrogens with one attached hydrogen (secondary N) is 1. The third kappa shape index (κ3) is 2.81. The quantitative estimate of drug-likeness (QED) is 0.901. The summed E-state index contributed by atoms with van der Waals surface area (Å²) in [5.74, 6) is 1.74. The second-order valence-corrected chi connectivity index (χ2v) is 7.92. The van der Waals surface area contributed by atoms with Crippen LogP contribution in [0.2, 0.25) is 0 Å². The molecule has 25 heavy (non-hydrogen) atoms. The maximum Gasteiger partial charge on any atom is 0.261 e. The molecule has 1 aliphatic heterocycles. The number of allylic oxidation sites excluding steroid dienone is 1. The van der Waals surface area contributed by atoms with Gasteiger partial charge in [-0.1, -0.05) is 11.2 Å². The summed E-state index contributed by atoms with van der Waals surface area (Å²) in [6.07, 6.45) is 7.99. The van der Waals surface area contributed by atoms with Crippen LogP contribution in [0.25, 0.3) is 11.5 Å². The van der Waals surface area contributed by atoms with Crippen molar-refractivity contribution in [2.24, 2.45) is 0 Å². The van der Waals surface area contributed by atoms with Crippen LogP contribution in [-0.4, -0.2) is 22.7 Å². The first-order valence-corrected chi connectivity index (χ1v) is 9.68. The zero-order valence-electron chi connectivity index (χ0n) is 13.8. The van der Waals surface area contributed by atoms with Gasteiger partial charge in [-0.3, -0.25) is 4.79 Å². The Morgan fingerprint density at radius 1 is 1.32 bits per heavy atom. The Balaban J connectivity index is 1.52.